The lowest BCUT2D eigenvalue weighted by Crippen LogP contribution is -2.42. The molecule has 0 radical (unpaired) electrons. The number of hydrogen-bond donors (Lipinski definition) is 1. The Kier molecular flexibility index (Phi) is 2.54. The summed E-state index contributed by atoms with van der Waals surface area (Å²) in [5, 5.41) is 3.40. The highest BCUT2D eigenvalue weighted by Crippen LogP contribution is 2.41. The van der Waals surface area contributed by atoms with Crippen molar-refractivity contribution < 1.29 is 4.79 Å². The van der Waals surface area contributed by atoms with Crippen molar-refractivity contribution in [2.45, 2.75) is 37.6 Å². The van der Waals surface area contributed by atoms with Crippen molar-refractivity contribution in [3.63, 3.8) is 0 Å². The highest BCUT2D eigenvalue weighted by atomic mass is 16.2. The molecule has 1 saturated heterocycles. The number of carbonyl (C=O) groups excluding carboxylic acids is 1. The fourth-order valence-corrected chi connectivity index (χ4v) is 4.12. The molecule has 3 heteroatoms. The maximum absolute atomic E-state index is 12.9. The SMILES string of the molecule is O=C(C1CCNc2ccccc21)N1CC2CCC1C2. The smallest absolute Gasteiger partial charge is 0.230 e. The summed E-state index contributed by atoms with van der Waals surface area (Å²) in [7, 11) is 0. The first kappa shape index (κ1) is 11.3. The molecule has 19 heavy (non-hydrogen) atoms. The van der Waals surface area contributed by atoms with Gasteiger partial charge in [-0.1, -0.05) is 18.2 Å². The molecule has 2 fully saturated rings. The summed E-state index contributed by atoms with van der Waals surface area (Å²) in [6.07, 6.45) is 4.74. The van der Waals surface area contributed by atoms with E-state index in [-0.39, 0.29) is 5.92 Å². The Morgan fingerprint density at radius 2 is 2.11 bits per heavy atom. The molecule has 1 aromatic carbocycles. The molecule has 1 amide bonds. The predicted octanol–water partition coefficient (Wildman–Crippen LogP) is 2.60. The molecule has 3 aliphatic rings. The summed E-state index contributed by atoms with van der Waals surface area (Å²) in [5.74, 6) is 1.24. The quantitative estimate of drug-likeness (QED) is 0.837. The lowest BCUT2D eigenvalue weighted by atomic mass is 9.89. The van der Waals surface area contributed by atoms with E-state index in [9.17, 15) is 4.79 Å². The van der Waals surface area contributed by atoms with Crippen molar-refractivity contribution >= 4 is 11.6 Å². The zero-order valence-corrected chi connectivity index (χ0v) is 11.1. The Balaban J connectivity index is 1.61. The van der Waals surface area contributed by atoms with Gasteiger partial charge in [0.05, 0.1) is 5.92 Å². The average Bonchev–Trinajstić information content (AvgIpc) is 3.08. The number of carbonyl (C=O) groups is 1. The molecule has 4 rings (SSSR count). The summed E-state index contributed by atoms with van der Waals surface area (Å²) < 4.78 is 0. The Labute approximate surface area is 114 Å². The number of para-hydroxylation sites is 1. The molecule has 3 nitrogen and oxygen atoms in total. The van der Waals surface area contributed by atoms with Crippen molar-refractivity contribution in [1.29, 1.82) is 0 Å². The van der Waals surface area contributed by atoms with Crippen molar-refractivity contribution in [3.05, 3.63) is 29.8 Å². The van der Waals surface area contributed by atoms with E-state index in [1.54, 1.807) is 0 Å². The summed E-state index contributed by atoms with van der Waals surface area (Å²) in [6.45, 7) is 1.92. The van der Waals surface area contributed by atoms with Crippen LogP contribution in [0.25, 0.3) is 0 Å². The second-order valence-corrected chi connectivity index (χ2v) is 6.18. The maximum atomic E-state index is 12.9. The van der Waals surface area contributed by atoms with Gasteiger partial charge in [0.2, 0.25) is 5.91 Å². The van der Waals surface area contributed by atoms with Crippen LogP contribution in [0.1, 0.15) is 37.2 Å². The molecule has 2 aliphatic heterocycles. The zero-order valence-electron chi connectivity index (χ0n) is 11.1. The van der Waals surface area contributed by atoms with Crippen LogP contribution in [0.4, 0.5) is 5.69 Å². The minimum Gasteiger partial charge on any atom is -0.385 e. The van der Waals surface area contributed by atoms with Crippen LogP contribution in [0.2, 0.25) is 0 Å². The van der Waals surface area contributed by atoms with Gasteiger partial charge in [0, 0.05) is 24.8 Å². The first-order valence-electron chi connectivity index (χ1n) is 7.46. The normalized spacial score (nSPS) is 32.0. The average molecular weight is 256 g/mol. The van der Waals surface area contributed by atoms with Crippen LogP contribution < -0.4 is 5.32 Å². The van der Waals surface area contributed by atoms with E-state index >= 15 is 0 Å². The third kappa shape index (κ3) is 1.75. The Hall–Kier alpha value is -1.51. The lowest BCUT2D eigenvalue weighted by Gasteiger charge is -2.33. The summed E-state index contributed by atoms with van der Waals surface area (Å²) in [4.78, 5) is 15.0. The third-order valence-corrected chi connectivity index (χ3v) is 5.08. The number of nitrogens with one attached hydrogen (secondary N) is 1. The number of hydrogen-bond acceptors (Lipinski definition) is 2. The van der Waals surface area contributed by atoms with Crippen molar-refractivity contribution in [2.75, 3.05) is 18.4 Å². The van der Waals surface area contributed by atoms with Crippen LogP contribution >= 0.6 is 0 Å². The predicted molar refractivity (Wildman–Crippen MR) is 75.1 cm³/mol. The molecule has 1 aromatic rings. The fraction of sp³-hybridized carbons (Fsp3) is 0.562. The van der Waals surface area contributed by atoms with Gasteiger partial charge in [-0.2, -0.15) is 0 Å². The molecular weight excluding hydrogens is 236 g/mol. The molecule has 0 aromatic heterocycles. The van der Waals surface area contributed by atoms with Crippen LogP contribution in [-0.4, -0.2) is 29.9 Å². The Morgan fingerprint density at radius 1 is 1.21 bits per heavy atom. The third-order valence-electron chi connectivity index (χ3n) is 5.08. The number of piperidine rings is 1. The number of rotatable bonds is 1. The standard InChI is InChI=1S/C16H20N2O/c19-16(18-10-11-5-6-12(18)9-11)14-7-8-17-15-4-2-1-3-13(14)15/h1-4,11-12,14,17H,5-10H2. The molecule has 3 unspecified atom stereocenters. The molecule has 2 heterocycles. The largest absolute Gasteiger partial charge is 0.385 e. The maximum Gasteiger partial charge on any atom is 0.230 e. The number of nitrogens with zero attached hydrogens (tertiary/aromatic N) is 1. The highest BCUT2D eigenvalue weighted by molar-refractivity contribution is 5.87. The van der Waals surface area contributed by atoms with Crippen LogP contribution in [-0.2, 0) is 4.79 Å². The molecule has 1 saturated carbocycles. The van der Waals surface area contributed by atoms with E-state index < -0.39 is 0 Å². The van der Waals surface area contributed by atoms with Gasteiger partial charge in [-0.25, -0.2) is 0 Å². The van der Waals surface area contributed by atoms with Gasteiger partial charge in [0.15, 0.2) is 0 Å². The minimum absolute atomic E-state index is 0.0804. The molecule has 100 valence electrons. The molecule has 3 atom stereocenters. The number of fused-ring (bicyclic) bond motifs is 3. The number of amides is 1. The van der Waals surface area contributed by atoms with E-state index in [4.69, 9.17) is 0 Å². The van der Waals surface area contributed by atoms with Gasteiger partial charge in [0.25, 0.3) is 0 Å². The topological polar surface area (TPSA) is 32.3 Å². The van der Waals surface area contributed by atoms with Crippen molar-refractivity contribution in [2.24, 2.45) is 5.92 Å². The summed E-state index contributed by atoms with van der Waals surface area (Å²) in [6, 6.07) is 8.82. The summed E-state index contributed by atoms with van der Waals surface area (Å²) >= 11 is 0. The van der Waals surface area contributed by atoms with E-state index in [2.05, 4.69) is 22.3 Å². The van der Waals surface area contributed by atoms with E-state index in [1.807, 2.05) is 12.1 Å². The highest BCUT2D eigenvalue weighted by Gasteiger charge is 2.42. The van der Waals surface area contributed by atoms with Crippen molar-refractivity contribution in [1.82, 2.24) is 4.90 Å². The number of anilines is 1. The van der Waals surface area contributed by atoms with Gasteiger partial charge < -0.3 is 10.2 Å². The zero-order chi connectivity index (χ0) is 12.8. The van der Waals surface area contributed by atoms with E-state index in [1.165, 1.54) is 24.8 Å². The van der Waals surface area contributed by atoms with E-state index in [0.717, 1.165) is 31.1 Å². The summed E-state index contributed by atoms with van der Waals surface area (Å²) in [5.41, 5.74) is 2.35. The molecule has 0 spiro atoms. The second-order valence-electron chi connectivity index (χ2n) is 6.18. The number of benzene rings is 1. The molecule has 2 bridgehead atoms. The van der Waals surface area contributed by atoms with Crippen LogP contribution in [0.15, 0.2) is 24.3 Å². The second kappa shape index (κ2) is 4.26. The van der Waals surface area contributed by atoms with Crippen LogP contribution in [0.5, 0.6) is 0 Å². The number of likely N-dealkylation sites (tertiary alicyclic amines) is 1. The molecule has 1 N–H and O–H groups in total. The van der Waals surface area contributed by atoms with Gasteiger partial charge in [-0.05, 0) is 43.2 Å². The first-order chi connectivity index (χ1) is 9.33. The molecular formula is C16H20N2O. The van der Waals surface area contributed by atoms with Gasteiger partial charge in [0.1, 0.15) is 0 Å². The van der Waals surface area contributed by atoms with Gasteiger partial charge in [-0.15, -0.1) is 0 Å². The minimum atomic E-state index is 0.0804. The molecule has 1 aliphatic carbocycles. The van der Waals surface area contributed by atoms with E-state index in [0.29, 0.717) is 11.9 Å². The monoisotopic (exact) mass is 256 g/mol. The van der Waals surface area contributed by atoms with Gasteiger partial charge in [-0.3, -0.25) is 4.79 Å². The van der Waals surface area contributed by atoms with Crippen LogP contribution in [0.3, 0.4) is 0 Å². The van der Waals surface area contributed by atoms with Gasteiger partial charge >= 0.3 is 0 Å². The van der Waals surface area contributed by atoms with Crippen molar-refractivity contribution in [3.8, 4) is 0 Å². The Morgan fingerprint density at radius 3 is 2.89 bits per heavy atom. The lowest BCUT2D eigenvalue weighted by molar-refractivity contribution is -0.134. The van der Waals surface area contributed by atoms with Crippen LogP contribution in [0, 0.1) is 5.92 Å². The Bertz CT molecular complexity index is 513. The fourth-order valence-electron chi connectivity index (χ4n) is 4.12. The first-order valence-corrected chi connectivity index (χ1v) is 7.46.